The molecular formula is C16H20Cl2INO4. The van der Waals surface area contributed by atoms with Gasteiger partial charge in [-0.1, -0.05) is 23.2 Å². The summed E-state index contributed by atoms with van der Waals surface area (Å²) in [6, 6.07) is 2.99. The van der Waals surface area contributed by atoms with E-state index < -0.39 is 23.4 Å². The molecule has 24 heavy (non-hydrogen) atoms. The lowest BCUT2D eigenvalue weighted by atomic mass is 10.2. The Balaban J connectivity index is 3.39. The first-order valence-electron chi connectivity index (χ1n) is 7.12. The predicted molar refractivity (Wildman–Crippen MR) is 104 cm³/mol. The van der Waals surface area contributed by atoms with Gasteiger partial charge in [-0.25, -0.2) is 9.59 Å². The van der Waals surface area contributed by atoms with Crippen LogP contribution in [0.15, 0.2) is 12.1 Å². The van der Waals surface area contributed by atoms with E-state index in [9.17, 15) is 9.59 Å². The van der Waals surface area contributed by atoms with Crippen molar-refractivity contribution in [3.05, 3.63) is 25.7 Å². The molecule has 0 spiro atoms. The van der Waals surface area contributed by atoms with E-state index in [4.69, 9.17) is 32.7 Å². The Morgan fingerprint density at radius 2 is 1.38 bits per heavy atom. The molecular weight excluding hydrogens is 468 g/mol. The number of rotatable bonds is 1. The van der Waals surface area contributed by atoms with E-state index in [1.54, 1.807) is 41.5 Å². The fourth-order valence-corrected chi connectivity index (χ4v) is 2.63. The largest absolute Gasteiger partial charge is 0.443 e. The Morgan fingerprint density at radius 3 is 1.75 bits per heavy atom. The summed E-state index contributed by atoms with van der Waals surface area (Å²) >= 11 is 14.1. The fraction of sp³-hybridized carbons (Fsp3) is 0.500. The van der Waals surface area contributed by atoms with E-state index >= 15 is 0 Å². The summed E-state index contributed by atoms with van der Waals surface area (Å²) in [5, 5.41) is 0.600. The molecule has 1 aromatic rings. The molecule has 2 amide bonds. The Bertz CT molecular complexity index is 623. The smallest absolute Gasteiger partial charge is 0.424 e. The van der Waals surface area contributed by atoms with Crippen molar-refractivity contribution in [2.24, 2.45) is 0 Å². The van der Waals surface area contributed by atoms with E-state index in [2.05, 4.69) is 0 Å². The summed E-state index contributed by atoms with van der Waals surface area (Å²) in [4.78, 5) is 26.0. The lowest BCUT2D eigenvalue weighted by Gasteiger charge is -2.29. The van der Waals surface area contributed by atoms with Crippen molar-refractivity contribution in [1.82, 2.24) is 0 Å². The first-order chi connectivity index (χ1) is 10.7. The van der Waals surface area contributed by atoms with E-state index in [0.29, 0.717) is 8.59 Å². The quantitative estimate of drug-likeness (QED) is 0.345. The van der Waals surface area contributed by atoms with Crippen LogP contribution in [0.3, 0.4) is 0 Å². The summed E-state index contributed by atoms with van der Waals surface area (Å²) in [5.41, 5.74) is -1.37. The topological polar surface area (TPSA) is 55.8 Å². The minimum Gasteiger partial charge on any atom is -0.443 e. The minimum absolute atomic E-state index is 0.205. The Morgan fingerprint density at radius 1 is 0.958 bits per heavy atom. The van der Waals surface area contributed by atoms with Crippen molar-refractivity contribution in [2.75, 3.05) is 4.90 Å². The summed E-state index contributed by atoms with van der Waals surface area (Å²) in [5.74, 6) is 0. The number of carbonyl (C=O) groups excluding carboxylic acids is 2. The van der Waals surface area contributed by atoms with Gasteiger partial charge in [0.15, 0.2) is 0 Å². The van der Waals surface area contributed by atoms with E-state index in [1.165, 1.54) is 12.1 Å². The second-order valence-corrected chi connectivity index (χ2v) is 8.94. The molecule has 0 unspecified atom stereocenters. The highest BCUT2D eigenvalue weighted by molar-refractivity contribution is 14.1. The number of anilines is 1. The van der Waals surface area contributed by atoms with Crippen molar-refractivity contribution >= 4 is 63.7 Å². The molecule has 0 atom stereocenters. The van der Waals surface area contributed by atoms with Crippen LogP contribution in [0.2, 0.25) is 10.0 Å². The number of amides is 2. The lowest BCUT2D eigenvalue weighted by Crippen LogP contribution is -2.44. The first kappa shape index (κ1) is 21.3. The third-order valence-corrected chi connectivity index (χ3v) is 4.34. The third-order valence-electron chi connectivity index (χ3n) is 2.37. The van der Waals surface area contributed by atoms with Gasteiger partial charge in [0.25, 0.3) is 0 Å². The van der Waals surface area contributed by atoms with Gasteiger partial charge in [0.2, 0.25) is 0 Å². The van der Waals surface area contributed by atoms with Crippen LogP contribution in [0.4, 0.5) is 15.3 Å². The van der Waals surface area contributed by atoms with Crippen LogP contribution in [0.1, 0.15) is 41.5 Å². The minimum atomic E-state index is -0.868. The molecule has 0 bridgehead atoms. The van der Waals surface area contributed by atoms with Crippen LogP contribution in [-0.2, 0) is 9.47 Å². The predicted octanol–water partition coefficient (Wildman–Crippen LogP) is 6.27. The zero-order chi connectivity index (χ0) is 18.9. The third kappa shape index (κ3) is 6.29. The van der Waals surface area contributed by atoms with Crippen LogP contribution >= 0.6 is 45.8 Å². The van der Waals surface area contributed by atoms with Gasteiger partial charge >= 0.3 is 12.2 Å². The maximum Gasteiger partial charge on any atom is 0.424 e. The summed E-state index contributed by atoms with van der Waals surface area (Å²) in [7, 11) is 0. The van der Waals surface area contributed by atoms with Gasteiger partial charge in [0.1, 0.15) is 11.2 Å². The molecule has 0 N–H and O–H groups in total. The zero-order valence-electron chi connectivity index (χ0n) is 14.4. The van der Waals surface area contributed by atoms with Gasteiger partial charge in [0, 0.05) is 5.02 Å². The number of imide groups is 1. The van der Waals surface area contributed by atoms with Crippen LogP contribution in [0.25, 0.3) is 0 Å². The van der Waals surface area contributed by atoms with Crippen molar-refractivity contribution in [3.63, 3.8) is 0 Å². The Kier molecular flexibility index (Phi) is 6.80. The van der Waals surface area contributed by atoms with Gasteiger partial charge in [-0.3, -0.25) is 0 Å². The molecule has 0 aliphatic heterocycles. The number of nitrogens with zero attached hydrogens (tertiary/aromatic N) is 1. The average Bonchev–Trinajstić information content (AvgIpc) is 2.30. The lowest BCUT2D eigenvalue weighted by molar-refractivity contribution is 0.0430. The van der Waals surface area contributed by atoms with Crippen LogP contribution in [-0.4, -0.2) is 23.4 Å². The second-order valence-electron chi connectivity index (χ2n) is 7.02. The molecule has 8 heteroatoms. The van der Waals surface area contributed by atoms with E-state index in [-0.39, 0.29) is 10.7 Å². The van der Waals surface area contributed by atoms with E-state index in [0.717, 1.165) is 4.90 Å². The zero-order valence-corrected chi connectivity index (χ0v) is 18.0. The maximum absolute atomic E-state index is 12.6. The summed E-state index contributed by atoms with van der Waals surface area (Å²) < 4.78 is 11.1. The molecule has 0 aliphatic rings. The van der Waals surface area contributed by atoms with Gasteiger partial charge in [-0.05, 0) is 76.3 Å². The molecule has 5 nitrogen and oxygen atoms in total. The van der Waals surface area contributed by atoms with Crippen LogP contribution < -0.4 is 4.90 Å². The van der Waals surface area contributed by atoms with E-state index in [1.807, 2.05) is 22.6 Å². The number of benzene rings is 1. The molecule has 0 saturated carbocycles. The normalized spacial score (nSPS) is 11.9. The maximum atomic E-state index is 12.6. The molecule has 0 heterocycles. The summed E-state index contributed by atoms with van der Waals surface area (Å²) in [6.07, 6.45) is -1.74. The van der Waals surface area contributed by atoms with Crippen molar-refractivity contribution in [3.8, 4) is 0 Å². The molecule has 134 valence electrons. The number of hydrogen-bond donors (Lipinski definition) is 0. The molecule has 1 rings (SSSR count). The first-order valence-corrected chi connectivity index (χ1v) is 8.95. The van der Waals surface area contributed by atoms with Gasteiger partial charge in [0.05, 0.1) is 14.3 Å². The Labute approximate surface area is 165 Å². The number of halogens is 3. The van der Waals surface area contributed by atoms with Gasteiger partial charge in [-0.2, -0.15) is 4.90 Å². The highest BCUT2D eigenvalue weighted by Gasteiger charge is 2.34. The van der Waals surface area contributed by atoms with Crippen molar-refractivity contribution < 1.29 is 19.1 Å². The molecule has 0 saturated heterocycles. The molecule has 0 aromatic heterocycles. The molecule has 0 fully saturated rings. The number of ether oxygens (including phenoxy) is 2. The molecule has 1 aromatic carbocycles. The highest BCUT2D eigenvalue weighted by atomic mass is 127. The SMILES string of the molecule is CC(C)(C)OC(=O)N(C(=O)OC(C)(C)C)c1cc(Cl)cc(Cl)c1I. The standard InChI is InChI=1S/C16H20Cl2INO4/c1-15(2,3)23-13(21)20(14(22)24-16(4,5)6)11-8-9(17)7-10(18)12(11)19/h7-8H,1-6H3. The highest BCUT2D eigenvalue weighted by Crippen LogP contribution is 2.34. The molecule has 0 aliphatic carbocycles. The average molecular weight is 488 g/mol. The Hall–Kier alpha value is -0.730. The second kappa shape index (κ2) is 7.66. The van der Waals surface area contributed by atoms with Crippen molar-refractivity contribution in [1.29, 1.82) is 0 Å². The number of carbonyl (C=O) groups is 2. The van der Waals surface area contributed by atoms with Crippen LogP contribution in [0, 0.1) is 3.57 Å². The monoisotopic (exact) mass is 487 g/mol. The van der Waals surface area contributed by atoms with Crippen LogP contribution in [0.5, 0.6) is 0 Å². The molecule has 0 radical (unpaired) electrons. The van der Waals surface area contributed by atoms with Gasteiger partial charge < -0.3 is 9.47 Å². The van der Waals surface area contributed by atoms with Crippen molar-refractivity contribution in [2.45, 2.75) is 52.7 Å². The number of hydrogen-bond acceptors (Lipinski definition) is 4. The summed E-state index contributed by atoms with van der Waals surface area (Å²) in [6.45, 7) is 10.2. The fourth-order valence-electron chi connectivity index (χ4n) is 1.59. The van der Waals surface area contributed by atoms with Gasteiger partial charge in [-0.15, -0.1) is 0 Å².